The molecule has 4 heteroatoms. The van der Waals surface area contributed by atoms with Crippen LogP contribution in [0.25, 0.3) is 0 Å². The van der Waals surface area contributed by atoms with Crippen LogP contribution in [0, 0.1) is 6.67 Å². The van der Waals surface area contributed by atoms with E-state index in [1.165, 1.54) is 25.8 Å². The number of rotatable bonds is 1. The maximum atomic E-state index is 3.41. The molecule has 0 aliphatic carbocycles. The van der Waals surface area contributed by atoms with Crippen molar-refractivity contribution < 1.29 is 0 Å². The number of hydrogen-bond donors (Lipinski definition) is 3. The average Bonchev–Trinajstić information content (AvgIpc) is 2.21. The fourth-order valence-electron chi connectivity index (χ4n) is 1.75. The first-order chi connectivity index (χ1) is 5.97. The number of hydrogen-bond acceptors (Lipinski definition) is 4. The Morgan fingerprint density at radius 2 is 2.25 bits per heavy atom. The molecule has 1 atom stereocenters. The van der Waals surface area contributed by atoms with Crippen LogP contribution in [0.5, 0.6) is 0 Å². The number of nitrogens with one attached hydrogen (secondary N) is 3. The molecule has 1 unspecified atom stereocenters. The van der Waals surface area contributed by atoms with Gasteiger partial charge in [0.05, 0.1) is 12.8 Å². The van der Waals surface area contributed by atoms with E-state index in [9.17, 15) is 0 Å². The summed E-state index contributed by atoms with van der Waals surface area (Å²) in [6.07, 6.45) is 4.29. The summed E-state index contributed by atoms with van der Waals surface area (Å²) >= 11 is 0. The highest BCUT2D eigenvalue weighted by molar-refractivity contribution is 4.78. The summed E-state index contributed by atoms with van der Waals surface area (Å²) in [5, 5.41) is 8.80. The second kappa shape index (κ2) is 4.18. The monoisotopic (exact) mass is 169 g/mol. The highest BCUT2D eigenvalue weighted by atomic mass is 15.6. The lowest BCUT2D eigenvalue weighted by molar-refractivity contribution is 0.0664. The zero-order chi connectivity index (χ0) is 8.23. The van der Waals surface area contributed by atoms with Gasteiger partial charge >= 0.3 is 0 Å². The molecule has 4 nitrogen and oxygen atoms in total. The first-order valence-corrected chi connectivity index (χ1v) is 4.78. The third-order valence-corrected chi connectivity index (χ3v) is 2.46. The second-order valence-corrected chi connectivity index (χ2v) is 3.38. The largest absolute Gasteiger partial charge is 0.299 e. The van der Waals surface area contributed by atoms with Crippen LogP contribution in [0.1, 0.15) is 19.3 Å². The van der Waals surface area contributed by atoms with Crippen molar-refractivity contribution in [1.29, 1.82) is 0 Å². The molecule has 0 aromatic carbocycles. The van der Waals surface area contributed by atoms with Gasteiger partial charge in [-0.3, -0.25) is 16.1 Å². The summed E-state index contributed by atoms with van der Waals surface area (Å²) in [5.41, 5.74) is 3.41. The molecule has 69 valence electrons. The van der Waals surface area contributed by atoms with Gasteiger partial charge in [-0.1, -0.05) is 0 Å². The zero-order valence-electron chi connectivity index (χ0n) is 7.34. The van der Waals surface area contributed by atoms with Crippen molar-refractivity contribution >= 4 is 0 Å². The third-order valence-electron chi connectivity index (χ3n) is 2.46. The van der Waals surface area contributed by atoms with Crippen LogP contribution in [-0.4, -0.2) is 30.8 Å². The maximum Gasteiger partial charge on any atom is 0.0879 e. The molecule has 0 aromatic rings. The molecular formula is C8H17N4. The zero-order valence-corrected chi connectivity index (χ0v) is 7.34. The predicted octanol–water partition coefficient (Wildman–Crippen LogP) is -0.385. The van der Waals surface area contributed by atoms with E-state index >= 15 is 0 Å². The molecule has 2 saturated heterocycles. The van der Waals surface area contributed by atoms with Crippen LogP contribution in [0.15, 0.2) is 0 Å². The van der Waals surface area contributed by atoms with Crippen molar-refractivity contribution in [3.63, 3.8) is 0 Å². The minimum absolute atomic E-state index is 0.492. The van der Waals surface area contributed by atoms with E-state index in [-0.39, 0.29) is 0 Å². The molecule has 0 bridgehead atoms. The first kappa shape index (κ1) is 8.44. The van der Waals surface area contributed by atoms with Gasteiger partial charge in [0.25, 0.3) is 0 Å². The van der Waals surface area contributed by atoms with Gasteiger partial charge < -0.3 is 0 Å². The topological polar surface area (TPSA) is 39.3 Å². The van der Waals surface area contributed by atoms with E-state index < -0.39 is 0 Å². The van der Waals surface area contributed by atoms with Crippen molar-refractivity contribution in [2.75, 3.05) is 19.6 Å². The maximum absolute atomic E-state index is 3.41. The minimum Gasteiger partial charge on any atom is -0.299 e. The van der Waals surface area contributed by atoms with Gasteiger partial charge in [-0.25, -0.2) is 5.01 Å². The molecule has 3 N–H and O–H groups in total. The Labute approximate surface area is 73.7 Å². The summed E-state index contributed by atoms with van der Waals surface area (Å²) in [7, 11) is 0. The normalized spacial score (nSPS) is 33.5. The summed E-state index contributed by atoms with van der Waals surface area (Å²) in [4.78, 5) is 0. The van der Waals surface area contributed by atoms with Crippen LogP contribution in [0.2, 0.25) is 0 Å². The first-order valence-electron chi connectivity index (χ1n) is 4.78. The van der Waals surface area contributed by atoms with Crippen molar-refractivity contribution in [3.05, 3.63) is 6.67 Å². The minimum atomic E-state index is 0.492. The fourth-order valence-corrected chi connectivity index (χ4v) is 1.75. The molecular weight excluding hydrogens is 152 g/mol. The van der Waals surface area contributed by atoms with Crippen molar-refractivity contribution in [2.45, 2.75) is 25.4 Å². The molecule has 0 aromatic heterocycles. The van der Waals surface area contributed by atoms with Crippen molar-refractivity contribution in [3.8, 4) is 0 Å². The number of nitrogens with zero attached hydrogens (tertiary/aromatic N) is 1. The van der Waals surface area contributed by atoms with E-state index in [2.05, 4.69) is 21.1 Å². The highest BCUT2D eigenvalue weighted by Gasteiger charge is 2.21. The Balaban J connectivity index is 1.80. The van der Waals surface area contributed by atoms with Crippen molar-refractivity contribution in [2.24, 2.45) is 0 Å². The van der Waals surface area contributed by atoms with Gasteiger partial charge in [-0.15, -0.1) is 0 Å². The lowest BCUT2D eigenvalue weighted by Gasteiger charge is -2.37. The van der Waals surface area contributed by atoms with E-state index in [4.69, 9.17) is 0 Å². The van der Waals surface area contributed by atoms with Crippen molar-refractivity contribution in [1.82, 2.24) is 21.1 Å². The quantitative estimate of drug-likeness (QED) is 0.500. The van der Waals surface area contributed by atoms with Crippen LogP contribution in [0.3, 0.4) is 0 Å². The summed E-state index contributed by atoms with van der Waals surface area (Å²) in [5.74, 6) is 0. The Morgan fingerprint density at radius 1 is 1.25 bits per heavy atom. The predicted molar refractivity (Wildman–Crippen MR) is 47.8 cm³/mol. The molecule has 1 radical (unpaired) electrons. The second-order valence-electron chi connectivity index (χ2n) is 3.38. The van der Waals surface area contributed by atoms with Gasteiger partial charge in [-0.05, 0) is 25.8 Å². The van der Waals surface area contributed by atoms with Gasteiger partial charge in [0.2, 0.25) is 0 Å². The molecule has 0 amide bonds. The molecule has 2 rings (SSSR count). The third kappa shape index (κ3) is 1.95. The number of hydrazine groups is 1. The molecule has 2 aliphatic rings. The van der Waals surface area contributed by atoms with Gasteiger partial charge in [0.15, 0.2) is 0 Å². The Bertz CT molecular complexity index is 111. The molecule has 0 saturated carbocycles. The van der Waals surface area contributed by atoms with E-state index in [0.29, 0.717) is 6.17 Å². The van der Waals surface area contributed by atoms with E-state index in [1.807, 2.05) is 6.67 Å². The van der Waals surface area contributed by atoms with Crippen LogP contribution < -0.4 is 16.1 Å². The molecule has 2 heterocycles. The van der Waals surface area contributed by atoms with Crippen LogP contribution in [0.4, 0.5) is 0 Å². The van der Waals surface area contributed by atoms with E-state index in [0.717, 1.165) is 13.1 Å². The van der Waals surface area contributed by atoms with E-state index in [1.54, 1.807) is 0 Å². The molecule has 0 spiro atoms. The summed E-state index contributed by atoms with van der Waals surface area (Å²) in [6, 6.07) is 0. The summed E-state index contributed by atoms with van der Waals surface area (Å²) < 4.78 is 0. The smallest absolute Gasteiger partial charge is 0.0879 e. The molecule has 2 fully saturated rings. The van der Waals surface area contributed by atoms with Gasteiger partial charge in [0.1, 0.15) is 0 Å². The standard InChI is InChI=1S/C8H17N4/c1-2-6-12(11-4-1)8-3-5-9-7-10-8/h7-11H,1-6H2. The lowest BCUT2D eigenvalue weighted by atomic mass is 10.2. The highest BCUT2D eigenvalue weighted by Crippen LogP contribution is 2.07. The average molecular weight is 169 g/mol. The van der Waals surface area contributed by atoms with Crippen LogP contribution in [-0.2, 0) is 0 Å². The lowest BCUT2D eigenvalue weighted by Crippen LogP contribution is -2.58. The SMILES string of the molecule is [CH]1NCCC(N2CCCCN2)N1. The Kier molecular flexibility index (Phi) is 2.94. The Hall–Kier alpha value is -0.160. The van der Waals surface area contributed by atoms with Crippen LogP contribution >= 0.6 is 0 Å². The molecule has 2 aliphatic heterocycles. The Morgan fingerprint density at radius 3 is 2.92 bits per heavy atom. The molecule has 12 heavy (non-hydrogen) atoms. The summed E-state index contributed by atoms with van der Waals surface area (Å²) in [6.45, 7) is 5.33. The fraction of sp³-hybridized carbons (Fsp3) is 0.875. The van der Waals surface area contributed by atoms with Gasteiger partial charge in [-0.2, -0.15) is 0 Å². The van der Waals surface area contributed by atoms with Gasteiger partial charge in [0, 0.05) is 13.1 Å².